The first-order valence-corrected chi connectivity index (χ1v) is 2.96. The number of aliphatic imine (C=N–C) groups is 1. The Kier molecular flexibility index (Phi) is 3.75. The van der Waals surface area contributed by atoms with Crippen LogP contribution in [0.2, 0.25) is 0 Å². The number of nitrogens with two attached hydrogens (primary N) is 1. The molecule has 0 aromatic heterocycles. The van der Waals surface area contributed by atoms with E-state index < -0.39 is 6.09 Å². The molecule has 0 bridgehead atoms. The lowest BCUT2D eigenvalue weighted by molar-refractivity contribution is 0.205. The zero-order chi connectivity index (χ0) is 8.15. The highest BCUT2D eigenvalue weighted by Gasteiger charge is 2.01. The zero-order valence-corrected chi connectivity index (χ0v) is 6.17. The van der Waals surface area contributed by atoms with Gasteiger partial charge in [-0.05, 0) is 0 Å². The maximum absolute atomic E-state index is 9.94. The van der Waals surface area contributed by atoms with Crippen molar-refractivity contribution in [1.82, 2.24) is 5.01 Å². The van der Waals surface area contributed by atoms with E-state index in [1.165, 1.54) is 7.05 Å². The molecule has 0 rings (SSSR count). The molecule has 0 saturated heterocycles. The summed E-state index contributed by atoms with van der Waals surface area (Å²) in [5, 5.41) is 9.19. The fourth-order valence-corrected chi connectivity index (χ4v) is 0.562. The average Bonchev–Trinajstić information content (AvgIpc) is 1.81. The second-order valence-electron chi connectivity index (χ2n) is 1.56. The summed E-state index contributed by atoms with van der Waals surface area (Å²) < 4.78 is 0. The highest BCUT2D eigenvalue weighted by molar-refractivity contribution is 6.28. The molecule has 0 heterocycles. The molecule has 0 saturated carbocycles. The third-order valence-electron chi connectivity index (χ3n) is 0.751. The Balaban J connectivity index is 4.18. The van der Waals surface area contributed by atoms with E-state index in [0.717, 1.165) is 5.01 Å². The molecule has 58 valence electrons. The second-order valence-corrected chi connectivity index (χ2v) is 1.82. The molecule has 0 aliphatic rings. The first kappa shape index (κ1) is 9.19. The van der Waals surface area contributed by atoms with E-state index in [2.05, 4.69) is 4.99 Å². The number of amides is 1. The minimum absolute atomic E-state index is 0.0146. The topological polar surface area (TPSA) is 78.9 Å². The molecule has 0 atom stereocenters. The predicted molar refractivity (Wildman–Crippen MR) is 38.1 cm³/mol. The molecule has 6 heteroatoms. The summed E-state index contributed by atoms with van der Waals surface area (Å²) in [4.78, 5) is 13.0. The molecule has 1 amide bonds. The van der Waals surface area contributed by atoms with Gasteiger partial charge in [-0.25, -0.2) is 10.6 Å². The summed E-state index contributed by atoms with van der Waals surface area (Å²) >= 11 is 5.29. The number of nitrogens with zero attached hydrogens (tertiary/aromatic N) is 2. The fourth-order valence-electron chi connectivity index (χ4n) is 0.313. The molecule has 5 nitrogen and oxygen atoms in total. The smallest absolute Gasteiger partial charge is 0.432 e. The third-order valence-corrected chi connectivity index (χ3v) is 0.990. The van der Waals surface area contributed by atoms with E-state index in [-0.39, 0.29) is 11.7 Å². The summed E-state index contributed by atoms with van der Waals surface area (Å²) in [6, 6.07) is 0. The molecular formula is C4H8ClN3O2. The Morgan fingerprint density at radius 1 is 1.90 bits per heavy atom. The largest absolute Gasteiger partial charge is 0.463 e. The molecule has 0 fully saturated rings. The van der Waals surface area contributed by atoms with Gasteiger partial charge in [-0.15, -0.1) is 11.6 Å². The third kappa shape index (κ3) is 3.26. The monoisotopic (exact) mass is 165 g/mol. The van der Waals surface area contributed by atoms with Gasteiger partial charge in [-0.3, -0.25) is 0 Å². The van der Waals surface area contributed by atoms with Gasteiger partial charge in [0.05, 0.1) is 5.88 Å². The van der Waals surface area contributed by atoms with Crippen LogP contribution in [-0.2, 0) is 0 Å². The van der Waals surface area contributed by atoms with Crippen molar-refractivity contribution in [1.29, 1.82) is 0 Å². The SMILES string of the molecule is CN(N)C(CCl)=NC(=O)O. The Morgan fingerprint density at radius 3 is 2.50 bits per heavy atom. The van der Waals surface area contributed by atoms with E-state index in [4.69, 9.17) is 22.6 Å². The van der Waals surface area contributed by atoms with Crippen molar-refractivity contribution in [2.24, 2.45) is 10.8 Å². The van der Waals surface area contributed by atoms with Gasteiger partial charge in [0, 0.05) is 7.05 Å². The first-order chi connectivity index (χ1) is 4.57. The second kappa shape index (κ2) is 4.08. The van der Waals surface area contributed by atoms with Crippen LogP contribution in [0.3, 0.4) is 0 Å². The van der Waals surface area contributed by atoms with Gasteiger partial charge in [0.2, 0.25) is 0 Å². The van der Waals surface area contributed by atoms with Gasteiger partial charge < -0.3 is 10.1 Å². The number of hydrogen-bond donors (Lipinski definition) is 2. The maximum Gasteiger partial charge on any atom is 0.432 e. The van der Waals surface area contributed by atoms with Crippen molar-refractivity contribution < 1.29 is 9.90 Å². The Hall–Kier alpha value is -0.810. The van der Waals surface area contributed by atoms with Crippen molar-refractivity contribution in [3.05, 3.63) is 0 Å². The summed E-state index contributed by atoms with van der Waals surface area (Å²) in [5.41, 5.74) is 0. The summed E-state index contributed by atoms with van der Waals surface area (Å²) in [5.74, 6) is 5.26. The van der Waals surface area contributed by atoms with Crippen molar-refractivity contribution in [3.8, 4) is 0 Å². The number of hydrazine groups is 1. The van der Waals surface area contributed by atoms with Crippen LogP contribution in [0, 0.1) is 0 Å². The van der Waals surface area contributed by atoms with Gasteiger partial charge in [0.25, 0.3) is 0 Å². The van der Waals surface area contributed by atoms with Crippen molar-refractivity contribution in [2.45, 2.75) is 0 Å². The molecule has 10 heavy (non-hydrogen) atoms. The lowest BCUT2D eigenvalue weighted by Crippen LogP contribution is -2.34. The van der Waals surface area contributed by atoms with E-state index in [0.29, 0.717) is 0 Å². The Bertz CT molecular complexity index is 157. The van der Waals surface area contributed by atoms with Crippen LogP contribution in [-0.4, -0.2) is 35.0 Å². The summed E-state index contributed by atoms with van der Waals surface area (Å²) in [7, 11) is 1.46. The molecule has 0 aromatic rings. The van der Waals surface area contributed by atoms with Crippen molar-refractivity contribution in [2.75, 3.05) is 12.9 Å². The van der Waals surface area contributed by atoms with Crippen molar-refractivity contribution >= 4 is 23.5 Å². The summed E-state index contributed by atoms with van der Waals surface area (Å²) in [6.45, 7) is 0. The normalized spacial score (nSPS) is 11.3. The quantitative estimate of drug-likeness (QED) is 0.190. The predicted octanol–water partition coefficient (Wildman–Crippen LogP) is 0.107. The van der Waals surface area contributed by atoms with Crippen LogP contribution in [0.5, 0.6) is 0 Å². The molecule has 0 spiro atoms. The zero-order valence-electron chi connectivity index (χ0n) is 5.41. The van der Waals surface area contributed by atoms with E-state index in [1.807, 2.05) is 0 Å². The molecule has 0 aliphatic heterocycles. The van der Waals surface area contributed by atoms with Gasteiger partial charge in [-0.1, -0.05) is 0 Å². The number of halogens is 1. The Labute approximate surface area is 63.1 Å². The molecule has 0 radical (unpaired) electrons. The molecular weight excluding hydrogens is 158 g/mol. The van der Waals surface area contributed by atoms with Crippen LogP contribution >= 0.6 is 11.6 Å². The number of rotatable bonds is 1. The van der Waals surface area contributed by atoms with Gasteiger partial charge in [0.1, 0.15) is 5.84 Å². The van der Waals surface area contributed by atoms with Crippen molar-refractivity contribution in [3.63, 3.8) is 0 Å². The van der Waals surface area contributed by atoms with Gasteiger partial charge >= 0.3 is 6.09 Å². The number of carboxylic acid groups (broad SMARTS) is 1. The van der Waals surface area contributed by atoms with Crippen LogP contribution in [0.15, 0.2) is 4.99 Å². The minimum Gasteiger partial charge on any atom is -0.463 e. The van der Waals surface area contributed by atoms with Gasteiger partial charge in [-0.2, -0.15) is 4.99 Å². The maximum atomic E-state index is 9.94. The highest BCUT2D eigenvalue weighted by Crippen LogP contribution is 1.86. The standard InChI is InChI=1S/C4H8ClN3O2/c1-8(6)3(2-5)7-4(9)10/h2,6H2,1H3,(H,9,10). The van der Waals surface area contributed by atoms with Crippen LogP contribution in [0.25, 0.3) is 0 Å². The number of alkyl halides is 1. The molecule has 0 aliphatic carbocycles. The van der Waals surface area contributed by atoms with Gasteiger partial charge in [0.15, 0.2) is 0 Å². The lowest BCUT2D eigenvalue weighted by atomic mass is 10.6. The lowest BCUT2D eigenvalue weighted by Gasteiger charge is -2.10. The van der Waals surface area contributed by atoms with Crippen LogP contribution in [0.1, 0.15) is 0 Å². The number of carbonyl (C=O) groups is 1. The number of amidine groups is 1. The minimum atomic E-state index is -1.30. The van der Waals surface area contributed by atoms with Crippen LogP contribution < -0.4 is 5.84 Å². The van der Waals surface area contributed by atoms with E-state index in [9.17, 15) is 4.79 Å². The number of hydrogen-bond acceptors (Lipinski definition) is 2. The van der Waals surface area contributed by atoms with E-state index >= 15 is 0 Å². The average molecular weight is 166 g/mol. The molecule has 0 unspecified atom stereocenters. The highest BCUT2D eigenvalue weighted by atomic mass is 35.5. The summed E-state index contributed by atoms with van der Waals surface area (Å²) in [6.07, 6.45) is -1.30. The molecule has 0 aromatic carbocycles. The fraction of sp³-hybridized carbons (Fsp3) is 0.500. The van der Waals surface area contributed by atoms with E-state index in [1.54, 1.807) is 0 Å². The Morgan fingerprint density at radius 2 is 2.40 bits per heavy atom. The molecule has 3 N–H and O–H groups in total. The van der Waals surface area contributed by atoms with Crippen LogP contribution in [0.4, 0.5) is 4.79 Å². The first-order valence-electron chi connectivity index (χ1n) is 2.42.